The lowest BCUT2D eigenvalue weighted by Crippen LogP contribution is -2.44. The first kappa shape index (κ1) is 20.2. The number of carbonyl (C=O) groups is 1. The summed E-state index contributed by atoms with van der Waals surface area (Å²) in [6.07, 6.45) is 5.12. The van der Waals surface area contributed by atoms with Crippen molar-refractivity contribution in [2.75, 3.05) is 24.7 Å². The number of anilines is 3. The van der Waals surface area contributed by atoms with Crippen LogP contribution in [-0.4, -0.2) is 35.5 Å². The lowest BCUT2D eigenvalue weighted by molar-refractivity contribution is 0.0825. The van der Waals surface area contributed by atoms with Crippen LogP contribution >= 0.6 is 11.6 Å². The second-order valence-corrected chi connectivity index (χ2v) is 8.20. The van der Waals surface area contributed by atoms with Gasteiger partial charge in [0.05, 0.1) is 10.7 Å². The van der Waals surface area contributed by atoms with Crippen molar-refractivity contribution in [3.05, 3.63) is 43.2 Å². The third-order valence-electron chi connectivity index (χ3n) is 5.30. The van der Waals surface area contributed by atoms with E-state index in [-0.39, 0.29) is 38.9 Å². The minimum Gasteiger partial charge on any atom is -0.505 e. The highest BCUT2D eigenvalue weighted by molar-refractivity contribution is 6.34. The Hall–Kier alpha value is -2.54. The molecule has 7 nitrogen and oxygen atoms in total. The van der Waals surface area contributed by atoms with Gasteiger partial charge in [-0.2, -0.15) is 0 Å². The molecule has 2 aromatic rings. The van der Waals surface area contributed by atoms with Crippen molar-refractivity contribution < 1.29 is 9.90 Å². The Morgan fingerprint density at radius 2 is 1.71 bits per heavy atom. The van der Waals surface area contributed by atoms with Crippen LogP contribution in [0.1, 0.15) is 49.4 Å². The summed E-state index contributed by atoms with van der Waals surface area (Å²) >= 11 is 6.07. The van der Waals surface area contributed by atoms with Gasteiger partial charge >= 0.3 is 0 Å². The molecule has 0 radical (unpaired) electrons. The number of rotatable bonds is 5. The number of halogens is 1. The second kappa shape index (κ2) is 7.47. The van der Waals surface area contributed by atoms with Crippen LogP contribution in [-0.2, 0) is 0 Å². The first-order valence-electron chi connectivity index (χ1n) is 9.26. The fourth-order valence-electron chi connectivity index (χ4n) is 3.62. The molecule has 1 fully saturated rings. The molecule has 1 saturated carbocycles. The summed E-state index contributed by atoms with van der Waals surface area (Å²) in [5, 5.41) is 16.7. The molecular weight excluding hydrogens is 382 g/mol. The summed E-state index contributed by atoms with van der Waals surface area (Å²) in [5.74, 6) is -0.835. The van der Waals surface area contributed by atoms with Crippen LogP contribution in [0.2, 0.25) is 5.02 Å². The minimum atomic E-state index is -0.656. The summed E-state index contributed by atoms with van der Waals surface area (Å²) in [6, 6.07) is 2.93. The van der Waals surface area contributed by atoms with Gasteiger partial charge in [0.1, 0.15) is 16.9 Å². The number of nitrogens with one attached hydrogen (secondary N) is 2. The fraction of sp³-hybridized carbons (Fsp3) is 0.450. The molecule has 1 aliphatic carbocycles. The zero-order valence-electron chi connectivity index (χ0n) is 16.2. The van der Waals surface area contributed by atoms with Crippen LogP contribution in [0.25, 0.3) is 0 Å². The summed E-state index contributed by atoms with van der Waals surface area (Å²) in [4.78, 5) is 37.9. The zero-order valence-corrected chi connectivity index (χ0v) is 16.9. The highest BCUT2D eigenvalue weighted by atomic mass is 35.5. The molecule has 0 heterocycles. The maximum Gasteiger partial charge on any atom is 0.258 e. The molecule has 150 valence electrons. The van der Waals surface area contributed by atoms with Gasteiger partial charge in [-0.15, -0.1) is 0 Å². The molecule has 0 unspecified atom stereocenters. The Balaban J connectivity index is 1.92. The van der Waals surface area contributed by atoms with Gasteiger partial charge in [-0.1, -0.05) is 30.9 Å². The number of phenols is 1. The third-order valence-corrected chi connectivity index (χ3v) is 5.62. The number of carbonyl (C=O) groups excluding carboxylic acids is 1. The number of nitrogens with zero attached hydrogens (tertiary/aromatic N) is 1. The monoisotopic (exact) mass is 405 g/mol. The number of aromatic hydroxyl groups is 1. The first-order valence-corrected chi connectivity index (χ1v) is 9.64. The second-order valence-electron chi connectivity index (χ2n) is 7.80. The van der Waals surface area contributed by atoms with Crippen molar-refractivity contribution in [2.24, 2.45) is 0 Å². The molecule has 28 heavy (non-hydrogen) atoms. The fourth-order valence-corrected chi connectivity index (χ4v) is 3.85. The summed E-state index contributed by atoms with van der Waals surface area (Å²) in [5.41, 5.74) is -1.08. The standard InChI is InChI=1S/C20H24ClN3O4/c1-20(9-5-4-6-10-20)23-15-14(17(26)18(15)27)22-12-8-7-11(21)13(16(12)25)19(28)24(2)3/h7-8,22-23,25H,4-6,9-10H2,1-3H3. The predicted octanol–water partition coefficient (Wildman–Crippen LogP) is 3.22. The van der Waals surface area contributed by atoms with E-state index in [1.165, 1.54) is 17.0 Å². The van der Waals surface area contributed by atoms with Gasteiger partial charge in [-0.05, 0) is 31.9 Å². The average Bonchev–Trinajstić information content (AvgIpc) is 2.66. The molecule has 0 bridgehead atoms. The van der Waals surface area contributed by atoms with E-state index in [2.05, 4.69) is 10.6 Å². The minimum absolute atomic E-state index is 0.0656. The molecular formula is C20H24ClN3O4. The van der Waals surface area contributed by atoms with Gasteiger partial charge in [0.2, 0.25) is 0 Å². The van der Waals surface area contributed by atoms with E-state index in [0.717, 1.165) is 32.1 Å². The third kappa shape index (κ3) is 3.58. The molecule has 0 saturated heterocycles. The summed E-state index contributed by atoms with van der Waals surface area (Å²) in [7, 11) is 3.09. The Kier molecular flexibility index (Phi) is 5.39. The predicted molar refractivity (Wildman–Crippen MR) is 111 cm³/mol. The van der Waals surface area contributed by atoms with E-state index in [9.17, 15) is 19.5 Å². The number of hydrogen-bond acceptors (Lipinski definition) is 6. The van der Waals surface area contributed by atoms with Gasteiger partial charge in [0.15, 0.2) is 5.75 Å². The normalized spacial score (nSPS) is 16.0. The maximum atomic E-state index is 12.3. The van der Waals surface area contributed by atoms with Gasteiger partial charge in [0, 0.05) is 19.6 Å². The van der Waals surface area contributed by atoms with Crippen LogP contribution in [0.5, 0.6) is 5.75 Å². The SMILES string of the molecule is CN(C)C(=O)c1c(Cl)ccc(Nc2c(NC3(C)CCCCC3)c(=O)c2=O)c1O. The van der Waals surface area contributed by atoms with Gasteiger partial charge in [0.25, 0.3) is 16.8 Å². The Morgan fingerprint density at radius 3 is 2.32 bits per heavy atom. The van der Waals surface area contributed by atoms with E-state index < -0.39 is 16.8 Å². The van der Waals surface area contributed by atoms with Crippen molar-refractivity contribution in [2.45, 2.75) is 44.6 Å². The van der Waals surface area contributed by atoms with E-state index in [1.54, 1.807) is 14.1 Å². The van der Waals surface area contributed by atoms with Crippen molar-refractivity contribution >= 4 is 34.6 Å². The zero-order chi connectivity index (χ0) is 20.6. The highest BCUT2D eigenvalue weighted by Crippen LogP contribution is 2.37. The van der Waals surface area contributed by atoms with E-state index >= 15 is 0 Å². The Morgan fingerprint density at radius 1 is 1.11 bits per heavy atom. The largest absolute Gasteiger partial charge is 0.505 e. The Labute approximate surface area is 168 Å². The van der Waals surface area contributed by atoms with Crippen LogP contribution in [0, 0.1) is 0 Å². The van der Waals surface area contributed by atoms with Gasteiger partial charge < -0.3 is 20.6 Å². The molecule has 1 aliphatic rings. The van der Waals surface area contributed by atoms with Crippen molar-refractivity contribution in [1.82, 2.24) is 4.90 Å². The number of benzene rings is 1. The maximum absolute atomic E-state index is 12.3. The molecule has 3 rings (SSSR count). The molecule has 8 heteroatoms. The molecule has 2 aromatic carbocycles. The molecule has 0 aromatic heterocycles. The van der Waals surface area contributed by atoms with Gasteiger partial charge in [-0.3, -0.25) is 14.4 Å². The molecule has 1 amide bonds. The van der Waals surface area contributed by atoms with E-state index in [0.29, 0.717) is 0 Å². The average molecular weight is 406 g/mol. The van der Waals surface area contributed by atoms with Gasteiger partial charge in [-0.25, -0.2) is 0 Å². The quantitative estimate of drug-likeness (QED) is 0.521. The highest BCUT2D eigenvalue weighted by Gasteiger charge is 2.32. The first-order chi connectivity index (χ1) is 13.1. The summed E-state index contributed by atoms with van der Waals surface area (Å²) in [6.45, 7) is 2.04. The smallest absolute Gasteiger partial charge is 0.258 e. The van der Waals surface area contributed by atoms with Crippen molar-refractivity contribution in [3.8, 4) is 5.75 Å². The Bertz CT molecular complexity index is 986. The number of hydrogen-bond donors (Lipinski definition) is 3. The lowest BCUT2D eigenvalue weighted by Gasteiger charge is -2.36. The topological polar surface area (TPSA) is 98.7 Å². The van der Waals surface area contributed by atoms with Crippen LogP contribution < -0.4 is 21.5 Å². The summed E-state index contributed by atoms with van der Waals surface area (Å²) < 4.78 is 0. The van der Waals surface area contributed by atoms with Crippen molar-refractivity contribution in [3.63, 3.8) is 0 Å². The lowest BCUT2D eigenvalue weighted by atomic mass is 9.83. The van der Waals surface area contributed by atoms with Crippen LogP contribution in [0.3, 0.4) is 0 Å². The number of phenolic OH excluding ortho intramolecular Hbond substituents is 1. The number of amides is 1. The van der Waals surface area contributed by atoms with Crippen LogP contribution in [0.4, 0.5) is 17.1 Å². The van der Waals surface area contributed by atoms with E-state index in [4.69, 9.17) is 11.6 Å². The van der Waals surface area contributed by atoms with E-state index in [1.807, 2.05) is 6.92 Å². The van der Waals surface area contributed by atoms with Crippen molar-refractivity contribution in [1.29, 1.82) is 0 Å². The molecule has 0 aliphatic heterocycles. The van der Waals surface area contributed by atoms with Crippen LogP contribution in [0.15, 0.2) is 21.7 Å². The molecule has 0 spiro atoms. The molecule has 3 N–H and O–H groups in total. The molecule has 0 atom stereocenters.